The van der Waals surface area contributed by atoms with Crippen LogP contribution in [0.2, 0.25) is 0 Å². The molecule has 2 nitrogen and oxygen atoms in total. The molecular weight excluding hydrogens is 150 g/mol. The van der Waals surface area contributed by atoms with Crippen LogP contribution in [0.4, 0.5) is 0 Å². The van der Waals surface area contributed by atoms with Crippen LogP contribution in [0.25, 0.3) is 0 Å². The van der Waals surface area contributed by atoms with Crippen molar-refractivity contribution in [2.45, 2.75) is 57.7 Å². The number of rotatable bonds is 4. The lowest BCUT2D eigenvalue weighted by molar-refractivity contribution is 0.0847. The predicted molar refractivity (Wildman–Crippen MR) is 51.3 cm³/mol. The highest BCUT2D eigenvalue weighted by Crippen LogP contribution is 2.18. The predicted octanol–water partition coefficient (Wildman–Crippen LogP) is 1.94. The summed E-state index contributed by atoms with van der Waals surface area (Å²) in [6.07, 6.45) is 5.81. The van der Waals surface area contributed by atoms with Crippen LogP contribution >= 0.6 is 0 Å². The molecule has 0 aromatic rings. The van der Waals surface area contributed by atoms with E-state index in [1.165, 1.54) is 25.7 Å². The van der Waals surface area contributed by atoms with Gasteiger partial charge in [-0.05, 0) is 26.7 Å². The number of hydrogen-bond acceptors (Lipinski definition) is 2. The third-order valence-corrected chi connectivity index (χ3v) is 2.93. The average Bonchev–Trinajstić information content (AvgIpc) is 2.55. The lowest BCUT2D eigenvalue weighted by Crippen LogP contribution is -2.41. The Balaban J connectivity index is 2.19. The van der Waals surface area contributed by atoms with Gasteiger partial charge in [0.15, 0.2) is 0 Å². The molecule has 2 unspecified atom stereocenters. The summed E-state index contributed by atoms with van der Waals surface area (Å²) in [4.78, 5) is 0. The van der Waals surface area contributed by atoms with Crippen molar-refractivity contribution in [1.82, 2.24) is 5.32 Å². The molecule has 1 rings (SSSR count). The van der Waals surface area contributed by atoms with Crippen LogP contribution in [0.5, 0.6) is 0 Å². The van der Waals surface area contributed by atoms with Crippen molar-refractivity contribution in [2.75, 3.05) is 7.11 Å². The van der Waals surface area contributed by atoms with Gasteiger partial charge in [0.2, 0.25) is 0 Å². The maximum atomic E-state index is 5.26. The van der Waals surface area contributed by atoms with E-state index >= 15 is 0 Å². The van der Waals surface area contributed by atoms with Crippen LogP contribution in [0.3, 0.4) is 0 Å². The van der Waals surface area contributed by atoms with Gasteiger partial charge in [-0.25, -0.2) is 0 Å². The fourth-order valence-electron chi connectivity index (χ4n) is 1.80. The normalized spacial score (nSPS) is 24.2. The first-order chi connectivity index (χ1) is 5.74. The van der Waals surface area contributed by atoms with E-state index in [1.54, 1.807) is 7.11 Å². The van der Waals surface area contributed by atoms with Crippen LogP contribution in [0, 0.1) is 0 Å². The molecule has 1 fully saturated rings. The lowest BCUT2D eigenvalue weighted by Gasteiger charge is -2.23. The first-order valence-corrected chi connectivity index (χ1v) is 5.03. The van der Waals surface area contributed by atoms with Gasteiger partial charge in [0.05, 0.1) is 6.10 Å². The number of nitrogens with one attached hydrogen (secondary N) is 1. The molecule has 0 amide bonds. The molecular formula is C10H21NO. The van der Waals surface area contributed by atoms with Gasteiger partial charge in [0.1, 0.15) is 0 Å². The molecule has 0 heterocycles. The molecule has 0 saturated heterocycles. The van der Waals surface area contributed by atoms with Crippen LogP contribution in [-0.2, 0) is 4.74 Å². The van der Waals surface area contributed by atoms with Gasteiger partial charge in [-0.15, -0.1) is 0 Å². The van der Waals surface area contributed by atoms with E-state index in [4.69, 9.17) is 4.74 Å². The Morgan fingerprint density at radius 2 is 1.83 bits per heavy atom. The highest BCUT2D eigenvalue weighted by atomic mass is 16.5. The standard InChI is InChI=1S/C10H21NO/c1-8(9(2)12-3)11-10-6-4-5-7-10/h8-11H,4-7H2,1-3H3. The van der Waals surface area contributed by atoms with Crippen molar-refractivity contribution >= 4 is 0 Å². The molecule has 0 aromatic carbocycles. The van der Waals surface area contributed by atoms with Gasteiger partial charge in [0, 0.05) is 19.2 Å². The molecule has 0 spiro atoms. The highest BCUT2D eigenvalue weighted by Gasteiger charge is 2.19. The Bertz CT molecular complexity index is 121. The SMILES string of the molecule is COC(C)C(C)NC1CCCC1. The number of hydrogen-bond donors (Lipinski definition) is 1. The maximum Gasteiger partial charge on any atom is 0.0693 e. The minimum atomic E-state index is 0.325. The van der Waals surface area contributed by atoms with E-state index in [-0.39, 0.29) is 0 Å². The fraction of sp³-hybridized carbons (Fsp3) is 1.00. The van der Waals surface area contributed by atoms with Crippen molar-refractivity contribution in [3.8, 4) is 0 Å². The zero-order chi connectivity index (χ0) is 8.97. The van der Waals surface area contributed by atoms with Crippen molar-refractivity contribution < 1.29 is 4.74 Å². The first-order valence-electron chi connectivity index (χ1n) is 5.03. The zero-order valence-corrected chi connectivity index (χ0v) is 8.47. The molecule has 72 valence electrons. The van der Waals surface area contributed by atoms with Gasteiger partial charge in [0.25, 0.3) is 0 Å². The zero-order valence-electron chi connectivity index (χ0n) is 8.47. The van der Waals surface area contributed by atoms with Gasteiger partial charge in [-0.2, -0.15) is 0 Å². The molecule has 0 aliphatic heterocycles. The molecule has 1 N–H and O–H groups in total. The van der Waals surface area contributed by atoms with Crippen molar-refractivity contribution in [3.05, 3.63) is 0 Å². The van der Waals surface area contributed by atoms with Crippen molar-refractivity contribution in [2.24, 2.45) is 0 Å². The van der Waals surface area contributed by atoms with Crippen LogP contribution in [0.15, 0.2) is 0 Å². The largest absolute Gasteiger partial charge is 0.380 e. The quantitative estimate of drug-likeness (QED) is 0.698. The monoisotopic (exact) mass is 171 g/mol. The molecule has 1 aliphatic carbocycles. The van der Waals surface area contributed by atoms with Gasteiger partial charge in [-0.1, -0.05) is 12.8 Å². The van der Waals surface area contributed by atoms with Crippen molar-refractivity contribution in [1.29, 1.82) is 0 Å². The fourth-order valence-corrected chi connectivity index (χ4v) is 1.80. The third kappa shape index (κ3) is 2.76. The van der Waals surface area contributed by atoms with E-state index in [2.05, 4.69) is 19.2 Å². The number of ether oxygens (including phenoxy) is 1. The minimum absolute atomic E-state index is 0.325. The smallest absolute Gasteiger partial charge is 0.0693 e. The molecule has 1 aliphatic rings. The Hall–Kier alpha value is -0.0800. The first kappa shape index (κ1) is 10.0. The van der Waals surface area contributed by atoms with E-state index in [0.717, 1.165) is 6.04 Å². The molecule has 0 aromatic heterocycles. The molecule has 2 atom stereocenters. The Kier molecular flexibility index (Phi) is 4.02. The third-order valence-electron chi connectivity index (χ3n) is 2.93. The van der Waals surface area contributed by atoms with E-state index in [9.17, 15) is 0 Å². The van der Waals surface area contributed by atoms with E-state index < -0.39 is 0 Å². The summed E-state index contributed by atoms with van der Waals surface area (Å²) in [5.41, 5.74) is 0. The average molecular weight is 171 g/mol. The molecule has 0 bridgehead atoms. The van der Waals surface area contributed by atoms with Gasteiger partial charge >= 0.3 is 0 Å². The van der Waals surface area contributed by atoms with Crippen LogP contribution < -0.4 is 5.32 Å². The second-order valence-corrected chi connectivity index (χ2v) is 3.88. The van der Waals surface area contributed by atoms with Crippen LogP contribution in [0.1, 0.15) is 39.5 Å². The summed E-state index contributed by atoms with van der Waals surface area (Å²) < 4.78 is 5.26. The van der Waals surface area contributed by atoms with E-state index in [1.807, 2.05) is 0 Å². The summed E-state index contributed by atoms with van der Waals surface area (Å²) >= 11 is 0. The number of methoxy groups -OCH3 is 1. The summed E-state index contributed by atoms with van der Waals surface area (Å²) in [5, 5.41) is 3.60. The Labute approximate surface area is 75.7 Å². The summed E-state index contributed by atoms with van der Waals surface area (Å²) in [6, 6.07) is 1.23. The molecule has 2 heteroatoms. The highest BCUT2D eigenvalue weighted by molar-refractivity contribution is 4.79. The maximum absolute atomic E-state index is 5.26. The molecule has 0 radical (unpaired) electrons. The van der Waals surface area contributed by atoms with Gasteiger partial charge < -0.3 is 10.1 Å². The molecule has 12 heavy (non-hydrogen) atoms. The minimum Gasteiger partial charge on any atom is -0.380 e. The second-order valence-electron chi connectivity index (χ2n) is 3.88. The van der Waals surface area contributed by atoms with E-state index in [0.29, 0.717) is 12.1 Å². The Morgan fingerprint density at radius 3 is 2.33 bits per heavy atom. The lowest BCUT2D eigenvalue weighted by atomic mass is 10.1. The van der Waals surface area contributed by atoms with Crippen molar-refractivity contribution in [3.63, 3.8) is 0 Å². The summed E-state index contributed by atoms with van der Waals surface area (Å²) in [7, 11) is 1.78. The molecule has 1 saturated carbocycles. The Morgan fingerprint density at radius 1 is 1.25 bits per heavy atom. The summed E-state index contributed by atoms with van der Waals surface area (Å²) in [6.45, 7) is 4.32. The van der Waals surface area contributed by atoms with Gasteiger partial charge in [-0.3, -0.25) is 0 Å². The van der Waals surface area contributed by atoms with Crippen LogP contribution in [-0.4, -0.2) is 25.3 Å². The summed E-state index contributed by atoms with van der Waals surface area (Å²) in [5.74, 6) is 0. The second kappa shape index (κ2) is 4.83. The topological polar surface area (TPSA) is 21.3 Å².